The van der Waals surface area contributed by atoms with E-state index in [1.807, 2.05) is 36.8 Å². The number of hydrogen-bond acceptors (Lipinski definition) is 4. The minimum Gasteiger partial charge on any atom is -0.483 e. The molecule has 1 saturated heterocycles. The van der Waals surface area contributed by atoms with Crippen LogP contribution in [0.1, 0.15) is 24.1 Å². The Hall–Kier alpha value is -2.41. The Bertz CT molecular complexity index is 717. The Morgan fingerprint density at radius 3 is 2.75 bits per heavy atom. The summed E-state index contributed by atoms with van der Waals surface area (Å²) < 4.78 is 7.85. The van der Waals surface area contributed by atoms with Crippen molar-refractivity contribution < 1.29 is 9.30 Å². The molecule has 2 aromatic rings. The minimum atomic E-state index is 0.493. The monoisotopic (exact) mass is 344 g/mol. The zero-order chi connectivity index (χ0) is 16.8. The molecule has 1 aliphatic rings. The summed E-state index contributed by atoms with van der Waals surface area (Å²) in [5, 5.41) is 10.2. The summed E-state index contributed by atoms with van der Waals surface area (Å²) in [5.74, 6) is 1.32. The van der Waals surface area contributed by atoms with Gasteiger partial charge in [-0.25, -0.2) is 0 Å². The topological polar surface area (TPSA) is 67.1 Å². The van der Waals surface area contributed by atoms with E-state index >= 15 is 0 Å². The SMILES string of the molecule is C[n+]1cscc1COc1ccc(/C=N/N=C(/N)N2CCCC2)cc1. The molecule has 1 aromatic heterocycles. The summed E-state index contributed by atoms with van der Waals surface area (Å²) in [4.78, 5) is 2.05. The normalized spacial score (nSPS) is 15.4. The van der Waals surface area contributed by atoms with Gasteiger partial charge in [-0.2, -0.15) is 9.67 Å². The van der Waals surface area contributed by atoms with E-state index in [1.54, 1.807) is 17.6 Å². The molecule has 1 aromatic carbocycles. The molecule has 0 saturated carbocycles. The zero-order valence-corrected chi connectivity index (χ0v) is 14.6. The number of likely N-dealkylation sites (tertiary alicyclic amines) is 1. The van der Waals surface area contributed by atoms with Crippen LogP contribution in [-0.2, 0) is 13.7 Å². The van der Waals surface area contributed by atoms with Gasteiger partial charge >= 0.3 is 0 Å². The molecule has 1 fully saturated rings. The molecule has 0 unspecified atom stereocenters. The van der Waals surface area contributed by atoms with Crippen LogP contribution >= 0.6 is 11.3 Å². The molecule has 3 rings (SSSR count). The molecule has 0 aliphatic carbocycles. The Labute approximate surface area is 145 Å². The van der Waals surface area contributed by atoms with E-state index in [9.17, 15) is 0 Å². The standard InChI is InChI=1S/C17H22N5OS/c1-21-13-24-12-15(21)11-23-16-6-4-14(5-7-16)10-19-20-17(18)22-8-2-3-9-22/h4-7,10,12-13H,2-3,8-9,11H2,1H3,(H2,18,20)/q+1/b19-10+. The summed E-state index contributed by atoms with van der Waals surface area (Å²) in [6, 6.07) is 7.77. The quantitative estimate of drug-likeness (QED) is 0.390. The van der Waals surface area contributed by atoms with Crippen LogP contribution in [0.2, 0.25) is 0 Å². The van der Waals surface area contributed by atoms with E-state index in [1.165, 1.54) is 12.8 Å². The van der Waals surface area contributed by atoms with Crippen molar-refractivity contribution in [2.24, 2.45) is 23.0 Å². The van der Waals surface area contributed by atoms with E-state index in [-0.39, 0.29) is 0 Å². The van der Waals surface area contributed by atoms with Crippen LogP contribution in [0.3, 0.4) is 0 Å². The number of hydrogen-bond donors (Lipinski definition) is 1. The third-order valence-electron chi connectivity index (χ3n) is 3.94. The summed E-state index contributed by atoms with van der Waals surface area (Å²) in [6.45, 7) is 2.50. The van der Waals surface area contributed by atoms with Crippen molar-refractivity contribution in [3.05, 3.63) is 46.4 Å². The fourth-order valence-corrected chi connectivity index (χ4v) is 3.23. The van der Waals surface area contributed by atoms with Gasteiger partial charge in [-0.15, -0.1) is 5.10 Å². The maximum Gasteiger partial charge on any atom is 0.229 e. The number of thiazole rings is 1. The average Bonchev–Trinajstić information content (AvgIpc) is 3.26. The largest absolute Gasteiger partial charge is 0.483 e. The molecule has 0 spiro atoms. The molecule has 2 heterocycles. The fraction of sp³-hybridized carbons (Fsp3) is 0.353. The second-order valence-electron chi connectivity index (χ2n) is 5.72. The number of ether oxygens (including phenoxy) is 1. The van der Waals surface area contributed by atoms with Crippen molar-refractivity contribution in [1.82, 2.24) is 4.90 Å². The first-order valence-electron chi connectivity index (χ1n) is 7.97. The average molecular weight is 344 g/mol. The van der Waals surface area contributed by atoms with Gasteiger partial charge in [-0.1, -0.05) is 11.3 Å². The summed E-state index contributed by atoms with van der Waals surface area (Å²) >= 11 is 1.66. The van der Waals surface area contributed by atoms with Crippen LogP contribution in [0.25, 0.3) is 0 Å². The number of guanidine groups is 1. The van der Waals surface area contributed by atoms with Crippen LogP contribution in [0, 0.1) is 0 Å². The van der Waals surface area contributed by atoms with E-state index in [2.05, 4.69) is 25.0 Å². The van der Waals surface area contributed by atoms with E-state index in [4.69, 9.17) is 10.5 Å². The summed E-state index contributed by atoms with van der Waals surface area (Å²) in [5.41, 5.74) is 10.1. The van der Waals surface area contributed by atoms with Crippen molar-refractivity contribution >= 4 is 23.5 Å². The fourth-order valence-electron chi connectivity index (χ4n) is 2.46. The maximum absolute atomic E-state index is 5.91. The second-order valence-corrected chi connectivity index (χ2v) is 6.43. The molecule has 0 amide bonds. The van der Waals surface area contributed by atoms with Crippen molar-refractivity contribution in [2.75, 3.05) is 13.1 Å². The smallest absolute Gasteiger partial charge is 0.229 e. The first kappa shape index (κ1) is 16.4. The molecule has 24 heavy (non-hydrogen) atoms. The lowest BCUT2D eigenvalue weighted by Crippen LogP contribution is -2.34. The number of aromatic nitrogens is 1. The third kappa shape index (κ3) is 4.32. The number of aryl methyl sites for hydroxylation is 1. The molecular weight excluding hydrogens is 322 g/mol. The molecule has 2 N–H and O–H groups in total. The van der Waals surface area contributed by atoms with Crippen LogP contribution in [0.5, 0.6) is 5.75 Å². The molecule has 0 radical (unpaired) electrons. The maximum atomic E-state index is 5.91. The van der Waals surface area contributed by atoms with Crippen molar-refractivity contribution in [2.45, 2.75) is 19.4 Å². The lowest BCUT2D eigenvalue weighted by atomic mass is 10.2. The number of rotatable bonds is 5. The van der Waals surface area contributed by atoms with Crippen LogP contribution in [0.15, 0.2) is 45.4 Å². The van der Waals surface area contributed by atoms with E-state index in [0.29, 0.717) is 12.6 Å². The first-order valence-corrected chi connectivity index (χ1v) is 8.91. The van der Waals surface area contributed by atoms with Gasteiger partial charge in [-0.3, -0.25) is 0 Å². The highest BCUT2D eigenvalue weighted by atomic mass is 32.1. The van der Waals surface area contributed by atoms with Gasteiger partial charge in [0.2, 0.25) is 17.2 Å². The lowest BCUT2D eigenvalue weighted by molar-refractivity contribution is -0.675. The molecule has 7 heteroatoms. The summed E-state index contributed by atoms with van der Waals surface area (Å²) in [6.07, 6.45) is 4.04. The molecule has 6 nitrogen and oxygen atoms in total. The van der Waals surface area contributed by atoms with Gasteiger partial charge in [0.1, 0.15) is 12.8 Å². The van der Waals surface area contributed by atoms with Crippen molar-refractivity contribution in [3.8, 4) is 5.75 Å². The van der Waals surface area contributed by atoms with Gasteiger partial charge in [0, 0.05) is 13.1 Å². The van der Waals surface area contributed by atoms with E-state index in [0.717, 1.165) is 30.1 Å². The molecule has 1 aliphatic heterocycles. The highest BCUT2D eigenvalue weighted by Crippen LogP contribution is 2.13. The van der Waals surface area contributed by atoms with Crippen LogP contribution in [0.4, 0.5) is 0 Å². The Kier molecular flexibility index (Phi) is 5.43. The Balaban J connectivity index is 1.53. The molecule has 0 bridgehead atoms. The highest BCUT2D eigenvalue weighted by Gasteiger charge is 2.13. The summed E-state index contributed by atoms with van der Waals surface area (Å²) in [7, 11) is 2.02. The Morgan fingerprint density at radius 2 is 2.08 bits per heavy atom. The predicted molar refractivity (Wildman–Crippen MR) is 96.3 cm³/mol. The van der Waals surface area contributed by atoms with Crippen molar-refractivity contribution in [1.29, 1.82) is 0 Å². The van der Waals surface area contributed by atoms with Gasteiger partial charge in [0.05, 0.1) is 11.6 Å². The molecular formula is C17H22N5OS+. The van der Waals surface area contributed by atoms with Gasteiger partial charge < -0.3 is 15.4 Å². The van der Waals surface area contributed by atoms with E-state index < -0.39 is 0 Å². The van der Waals surface area contributed by atoms with Gasteiger partial charge in [0.25, 0.3) is 0 Å². The zero-order valence-electron chi connectivity index (χ0n) is 13.8. The number of benzene rings is 1. The second kappa shape index (κ2) is 7.92. The Morgan fingerprint density at radius 1 is 1.33 bits per heavy atom. The highest BCUT2D eigenvalue weighted by molar-refractivity contribution is 7.07. The molecule has 0 atom stereocenters. The van der Waals surface area contributed by atoms with Crippen molar-refractivity contribution in [3.63, 3.8) is 0 Å². The number of nitrogens with two attached hydrogens (primary N) is 1. The minimum absolute atomic E-state index is 0.493. The third-order valence-corrected chi connectivity index (χ3v) is 4.79. The number of nitrogens with zero attached hydrogens (tertiary/aromatic N) is 4. The van der Waals surface area contributed by atoms with Gasteiger partial charge in [0.15, 0.2) is 6.61 Å². The predicted octanol–water partition coefficient (Wildman–Crippen LogP) is 1.90. The molecule has 126 valence electrons. The van der Waals surface area contributed by atoms with Crippen LogP contribution < -0.4 is 15.0 Å². The van der Waals surface area contributed by atoms with Gasteiger partial charge in [-0.05, 0) is 42.7 Å². The lowest BCUT2D eigenvalue weighted by Gasteiger charge is -2.13. The van der Waals surface area contributed by atoms with Crippen LogP contribution in [-0.4, -0.2) is 30.2 Å². The first-order chi connectivity index (χ1) is 11.7.